The van der Waals surface area contributed by atoms with E-state index >= 15 is 0 Å². The van der Waals surface area contributed by atoms with Gasteiger partial charge in [-0.05, 0) is 17.5 Å². The van der Waals surface area contributed by atoms with Crippen molar-refractivity contribution in [2.75, 3.05) is 6.54 Å². The van der Waals surface area contributed by atoms with E-state index in [0.29, 0.717) is 19.5 Å². The van der Waals surface area contributed by atoms with Crippen molar-refractivity contribution in [2.45, 2.75) is 26.3 Å². The van der Waals surface area contributed by atoms with Crippen LogP contribution in [0.15, 0.2) is 24.3 Å². The number of hydrogen-bond donors (Lipinski definition) is 1. The topological polar surface area (TPSA) is 52.9 Å². The lowest BCUT2D eigenvalue weighted by Crippen LogP contribution is -2.24. The lowest BCUT2D eigenvalue weighted by atomic mass is 10.0. The molecule has 1 aromatic rings. The fourth-order valence-electron chi connectivity index (χ4n) is 1.44. The normalized spacial score (nSPS) is 10.0. The number of hydrogen-bond acceptors (Lipinski definition) is 1. The predicted octanol–water partition coefficient (Wildman–Crippen LogP) is 1.54. The Bertz CT molecular complexity index is 323. The molecule has 1 aromatic carbocycles. The Morgan fingerprint density at radius 1 is 1.33 bits per heavy atom. The lowest BCUT2D eigenvalue weighted by Gasteiger charge is -2.07. The smallest absolute Gasteiger partial charge is 0.219 e. The third-order valence-electron chi connectivity index (χ3n) is 2.35. The number of rotatable bonds is 5. The maximum absolute atomic E-state index is 11.0. The van der Waals surface area contributed by atoms with Crippen molar-refractivity contribution in [3.05, 3.63) is 35.4 Å². The summed E-state index contributed by atoms with van der Waals surface area (Å²) in [6.45, 7) is 2.80. The van der Waals surface area contributed by atoms with E-state index in [4.69, 9.17) is 5.73 Å². The van der Waals surface area contributed by atoms with E-state index in [-0.39, 0.29) is 5.91 Å². The van der Waals surface area contributed by atoms with Crippen LogP contribution in [0.25, 0.3) is 0 Å². The van der Waals surface area contributed by atoms with Gasteiger partial charge < -0.3 is 5.32 Å². The largest absolute Gasteiger partial charge is 0.356 e. The van der Waals surface area contributed by atoms with E-state index < -0.39 is 0 Å². The summed E-state index contributed by atoms with van der Waals surface area (Å²) in [6, 6.07) is 7.89. The highest BCUT2D eigenvalue weighted by atomic mass is 16.1. The van der Waals surface area contributed by atoms with Gasteiger partial charge in [0.2, 0.25) is 5.91 Å². The third-order valence-corrected chi connectivity index (χ3v) is 2.35. The van der Waals surface area contributed by atoms with Gasteiger partial charge in [-0.1, -0.05) is 31.2 Å². The summed E-state index contributed by atoms with van der Waals surface area (Å²) in [7, 11) is 0. The fraction of sp³-hybridized carbons (Fsp3) is 0.417. The molecule has 0 saturated carbocycles. The van der Waals surface area contributed by atoms with Gasteiger partial charge in [-0.15, -0.1) is 0 Å². The van der Waals surface area contributed by atoms with Crippen LogP contribution in [-0.2, 0) is 17.8 Å². The van der Waals surface area contributed by atoms with Crippen LogP contribution in [0.4, 0.5) is 0 Å². The van der Waals surface area contributed by atoms with Gasteiger partial charge in [0.05, 0.1) is 0 Å². The molecule has 1 rings (SSSR count). The van der Waals surface area contributed by atoms with Crippen molar-refractivity contribution in [3.8, 4) is 0 Å². The molecule has 2 N–H and O–H groups in total. The molecule has 0 bridgehead atoms. The Hall–Kier alpha value is -1.35. The van der Waals surface area contributed by atoms with Crippen molar-refractivity contribution >= 4 is 5.91 Å². The molecule has 0 aliphatic carbocycles. The minimum absolute atomic E-state index is 0.0818. The van der Waals surface area contributed by atoms with Gasteiger partial charge in [0.1, 0.15) is 0 Å². The van der Waals surface area contributed by atoms with Crippen LogP contribution in [0.5, 0.6) is 0 Å². The molecule has 0 aliphatic heterocycles. The highest BCUT2D eigenvalue weighted by molar-refractivity contribution is 5.75. The molecule has 0 aliphatic rings. The second kappa shape index (κ2) is 6.19. The first kappa shape index (κ1) is 11.7. The van der Waals surface area contributed by atoms with Gasteiger partial charge in [-0.25, -0.2) is 0 Å². The summed E-state index contributed by atoms with van der Waals surface area (Å²) in [5.74, 6) is 0.0818. The molecule has 1 radical (unpaired) electrons. The Kier molecular flexibility index (Phi) is 4.84. The molecular formula is C12H17N2O. The fourth-order valence-corrected chi connectivity index (χ4v) is 1.44. The first-order valence-corrected chi connectivity index (χ1v) is 5.26. The summed E-state index contributed by atoms with van der Waals surface area (Å²) in [4.78, 5) is 11.0. The maximum atomic E-state index is 11.0. The highest BCUT2D eigenvalue weighted by Gasteiger charge is 2.01. The van der Waals surface area contributed by atoms with Crippen LogP contribution >= 0.6 is 0 Å². The molecule has 3 heteroatoms. The molecule has 0 fully saturated rings. The summed E-state index contributed by atoms with van der Waals surface area (Å²) < 4.78 is 0. The molecule has 0 atom stereocenters. The number of carbonyl (C=O) groups excluding carboxylic acids is 1. The molecule has 0 aromatic heterocycles. The molecule has 3 nitrogen and oxygen atoms in total. The zero-order valence-electron chi connectivity index (χ0n) is 9.05. The summed E-state index contributed by atoms with van der Waals surface area (Å²) in [5.41, 5.74) is 9.55. The van der Waals surface area contributed by atoms with Gasteiger partial charge in [-0.3, -0.25) is 10.5 Å². The van der Waals surface area contributed by atoms with Crippen molar-refractivity contribution in [2.24, 2.45) is 0 Å². The van der Waals surface area contributed by atoms with Crippen molar-refractivity contribution in [3.63, 3.8) is 0 Å². The minimum Gasteiger partial charge on any atom is -0.356 e. The second-order valence-electron chi connectivity index (χ2n) is 3.40. The number of benzene rings is 1. The lowest BCUT2D eigenvalue weighted by molar-refractivity contribution is -0.120. The van der Waals surface area contributed by atoms with E-state index in [1.54, 1.807) is 0 Å². The van der Waals surface area contributed by atoms with Crippen LogP contribution in [-0.4, -0.2) is 12.5 Å². The van der Waals surface area contributed by atoms with Crippen LogP contribution < -0.4 is 11.1 Å². The van der Waals surface area contributed by atoms with Gasteiger partial charge in [0.25, 0.3) is 0 Å². The van der Waals surface area contributed by atoms with Crippen molar-refractivity contribution < 1.29 is 4.79 Å². The predicted molar refractivity (Wildman–Crippen MR) is 60.2 cm³/mol. The Balaban J connectivity index is 2.46. The van der Waals surface area contributed by atoms with Crippen LogP contribution in [0, 0.1) is 0 Å². The molecule has 1 amide bonds. The first-order chi connectivity index (χ1) is 7.27. The van der Waals surface area contributed by atoms with Gasteiger partial charge in [0, 0.05) is 19.5 Å². The third kappa shape index (κ3) is 3.72. The van der Waals surface area contributed by atoms with Crippen molar-refractivity contribution in [1.29, 1.82) is 0 Å². The van der Waals surface area contributed by atoms with Gasteiger partial charge in [0.15, 0.2) is 0 Å². The van der Waals surface area contributed by atoms with E-state index in [1.165, 1.54) is 0 Å². The molecule has 15 heavy (non-hydrogen) atoms. The zero-order valence-corrected chi connectivity index (χ0v) is 9.05. The maximum Gasteiger partial charge on any atom is 0.219 e. The van der Waals surface area contributed by atoms with Gasteiger partial charge in [-0.2, -0.15) is 0 Å². The Morgan fingerprint density at radius 3 is 2.60 bits per heavy atom. The molecule has 0 saturated heterocycles. The number of amides is 1. The monoisotopic (exact) mass is 205 g/mol. The first-order valence-electron chi connectivity index (χ1n) is 5.26. The SMILES string of the molecule is CCC(=O)NCCc1ccccc1C[NH]. The molecule has 0 spiro atoms. The Morgan fingerprint density at radius 2 is 2.00 bits per heavy atom. The summed E-state index contributed by atoms with van der Waals surface area (Å²) >= 11 is 0. The molecular weight excluding hydrogens is 188 g/mol. The van der Waals surface area contributed by atoms with E-state index in [2.05, 4.69) is 5.32 Å². The highest BCUT2D eigenvalue weighted by Crippen LogP contribution is 2.08. The average Bonchev–Trinajstić information content (AvgIpc) is 2.29. The van der Waals surface area contributed by atoms with Crippen LogP contribution in [0.3, 0.4) is 0 Å². The Labute approximate surface area is 90.7 Å². The summed E-state index contributed by atoms with van der Waals surface area (Å²) in [6.07, 6.45) is 1.33. The average molecular weight is 205 g/mol. The zero-order chi connectivity index (χ0) is 11.1. The number of carbonyl (C=O) groups is 1. The summed E-state index contributed by atoms with van der Waals surface area (Å²) in [5, 5.41) is 2.83. The minimum atomic E-state index is 0.0818. The molecule has 0 unspecified atom stereocenters. The van der Waals surface area contributed by atoms with E-state index in [0.717, 1.165) is 17.5 Å². The van der Waals surface area contributed by atoms with Crippen LogP contribution in [0.2, 0.25) is 0 Å². The van der Waals surface area contributed by atoms with E-state index in [9.17, 15) is 4.79 Å². The van der Waals surface area contributed by atoms with Gasteiger partial charge >= 0.3 is 0 Å². The van der Waals surface area contributed by atoms with Crippen molar-refractivity contribution in [1.82, 2.24) is 11.1 Å². The molecule has 0 heterocycles. The van der Waals surface area contributed by atoms with E-state index in [1.807, 2.05) is 31.2 Å². The second-order valence-corrected chi connectivity index (χ2v) is 3.40. The standard InChI is InChI=1S/C12H17N2O/c1-2-12(15)14-8-7-10-5-3-4-6-11(10)9-13/h3-6,13H,2,7-9H2,1H3,(H,14,15). The number of nitrogens with one attached hydrogen (secondary N) is 2. The quantitative estimate of drug-likeness (QED) is 0.778. The molecule has 81 valence electrons. The van der Waals surface area contributed by atoms with Crippen LogP contribution in [0.1, 0.15) is 24.5 Å².